The smallest absolute Gasteiger partial charge is 0.386 e. The monoisotopic (exact) mass is 1060 g/mol. The third-order valence-electron chi connectivity index (χ3n) is 11.5. The Balaban J connectivity index is 1.33. The van der Waals surface area contributed by atoms with Crippen molar-refractivity contribution in [3.63, 3.8) is 0 Å². The minimum Gasteiger partial charge on any atom is -0.386 e. The summed E-state index contributed by atoms with van der Waals surface area (Å²) in [7, 11) is -16.4. The Bertz CT molecular complexity index is 2100. The molecule has 0 spiro atoms. The number of fused-ring (bicyclic) bond motifs is 1. The summed E-state index contributed by atoms with van der Waals surface area (Å²) in [6, 6.07) is 0. The number of hydrogen-bond donors (Lipinski definition) is 9. The molecule has 3 heterocycles. The van der Waals surface area contributed by atoms with Crippen molar-refractivity contribution in [2.24, 2.45) is 29.1 Å². The number of hydrogen-bond acceptors (Lipinski definition) is 18. The molecule has 0 saturated carbocycles. The first-order valence-corrected chi connectivity index (χ1v) is 28.6. The van der Waals surface area contributed by atoms with Crippen LogP contribution in [0.3, 0.4) is 0 Å². The van der Waals surface area contributed by atoms with Crippen LogP contribution in [-0.4, -0.2) is 123 Å². The standard InChI is InChI=1S/C41H74N7O17P3S/c1-26(2)11-8-12-27(3)13-9-14-28(4)15-10-16-29(5)21-32(50)69-20-19-43-31(49)17-18-44-39(53)36(52)41(6,7)23-62-68(59,60)65-67(57,58)61-22-30-35(64-66(54,55)56)34(51)40(63-30)48-25-47-33-37(42)45-24-46-38(33)48/h24-30,34-36,40,51-52H,8-23H2,1-7H3,(H,43,49)(H,44,53)(H,57,58)(H,59,60)(H2,42,45,46)(H2,54,55,56)/t27-,28-,29+,30-,34-,35-,36-,40-/m1/s1. The fraction of sp³-hybridized carbons (Fsp3) is 0.805. The molecule has 0 bridgehead atoms. The van der Waals surface area contributed by atoms with Gasteiger partial charge in [-0.2, -0.15) is 4.31 Å². The van der Waals surface area contributed by atoms with Crippen molar-refractivity contribution in [1.82, 2.24) is 30.2 Å². The summed E-state index contributed by atoms with van der Waals surface area (Å²) >= 11 is 1.16. The lowest BCUT2D eigenvalue weighted by Gasteiger charge is -2.30. The summed E-state index contributed by atoms with van der Waals surface area (Å²) in [6.45, 7) is 11.9. The molecular formula is C41H74N7O17P3S. The third kappa shape index (κ3) is 22.1. The minimum absolute atomic E-state index is 0.0332. The van der Waals surface area contributed by atoms with Gasteiger partial charge in [0, 0.05) is 37.1 Å². The number of aliphatic hydroxyl groups is 2. The van der Waals surface area contributed by atoms with Gasteiger partial charge in [0.1, 0.15) is 36.3 Å². The number of nitrogens with one attached hydrogen (secondary N) is 2. The molecule has 2 amide bonds. The number of nitrogen functional groups attached to an aromatic ring is 1. The molecule has 3 rings (SSSR count). The van der Waals surface area contributed by atoms with Gasteiger partial charge in [0.15, 0.2) is 22.8 Å². The van der Waals surface area contributed by atoms with Crippen molar-refractivity contribution in [2.45, 2.75) is 150 Å². The number of ether oxygens (including phenoxy) is 1. The number of carbonyl (C=O) groups excluding carboxylic acids is 3. The molecule has 2 aromatic rings. The molecular weight excluding hydrogens is 987 g/mol. The molecule has 10 N–H and O–H groups in total. The molecule has 28 heteroatoms. The fourth-order valence-corrected chi connectivity index (χ4v) is 11.2. The highest BCUT2D eigenvalue weighted by Crippen LogP contribution is 2.61. The summed E-state index contributed by atoms with van der Waals surface area (Å²) < 4.78 is 62.5. The predicted molar refractivity (Wildman–Crippen MR) is 256 cm³/mol. The molecule has 1 saturated heterocycles. The van der Waals surface area contributed by atoms with E-state index in [4.69, 9.17) is 19.5 Å². The van der Waals surface area contributed by atoms with Gasteiger partial charge in [-0.3, -0.25) is 32.5 Å². The van der Waals surface area contributed by atoms with Crippen LogP contribution in [0.25, 0.3) is 11.2 Å². The lowest BCUT2D eigenvalue weighted by molar-refractivity contribution is -0.137. The van der Waals surface area contributed by atoms with E-state index in [1.54, 1.807) is 0 Å². The van der Waals surface area contributed by atoms with Crippen LogP contribution in [0.4, 0.5) is 5.82 Å². The molecule has 0 aromatic carbocycles. The second-order valence-corrected chi connectivity index (χ2v) is 24.4. The lowest BCUT2D eigenvalue weighted by Crippen LogP contribution is -2.46. The molecule has 0 radical (unpaired) electrons. The Labute approximate surface area is 407 Å². The Kier molecular flexibility index (Phi) is 24.8. The number of imidazole rings is 1. The summed E-state index contributed by atoms with van der Waals surface area (Å²) in [5.74, 6) is 1.45. The fourth-order valence-electron chi connectivity index (χ4n) is 7.53. The van der Waals surface area contributed by atoms with E-state index in [1.807, 2.05) is 0 Å². The summed E-state index contributed by atoms with van der Waals surface area (Å²) in [5.41, 5.74) is 4.29. The number of nitrogens with zero attached hydrogens (tertiary/aromatic N) is 4. The highest BCUT2D eigenvalue weighted by molar-refractivity contribution is 8.13. The van der Waals surface area contributed by atoms with Gasteiger partial charge in [-0.1, -0.05) is 118 Å². The number of anilines is 1. The molecule has 1 fully saturated rings. The van der Waals surface area contributed by atoms with E-state index < -0.39 is 84.6 Å². The molecule has 396 valence electrons. The highest BCUT2D eigenvalue weighted by Gasteiger charge is 2.50. The first-order valence-electron chi connectivity index (χ1n) is 23.1. The Morgan fingerprint density at radius 1 is 0.870 bits per heavy atom. The first-order chi connectivity index (χ1) is 32.1. The quantitative estimate of drug-likeness (QED) is 0.0330. The van der Waals surface area contributed by atoms with Gasteiger partial charge in [0.2, 0.25) is 11.8 Å². The van der Waals surface area contributed by atoms with Crippen LogP contribution >= 0.6 is 35.2 Å². The van der Waals surface area contributed by atoms with Gasteiger partial charge in [0.25, 0.3) is 0 Å². The molecule has 2 aromatic heterocycles. The minimum atomic E-state index is -5.58. The van der Waals surface area contributed by atoms with Gasteiger partial charge >= 0.3 is 23.5 Å². The van der Waals surface area contributed by atoms with Crippen LogP contribution < -0.4 is 16.4 Å². The van der Waals surface area contributed by atoms with Crippen molar-refractivity contribution in [3.05, 3.63) is 12.7 Å². The Morgan fingerprint density at radius 3 is 2.07 bits per heavy atom. The number of rotatable bonds is 33. The molecule has 24 nitrogen and oxygen atoms in total. The average Bonchev–Trinajstić information content (AvgIpc) is 3.80. The SMILES string of the molecule is CC(C)CCC[C@@H](C)CCC[C@@H](C)CCC[C@H](C)CC(=O)SCCNC(=O)CCNC(=O)[C@@H](O)C(C)(C)COP(=O)(O)OP(=O)(O)OC[C@H]1O[C@@H](n2cnc3c(N)ncnc32)[C@H](O)[C@@H]1OP(=O)(O)O. The van der Waals surface area contributed by atoms with Gasteiger partial charge in [-0.25, -0.2) is 28.6 Å². The largest absolute Gasteiger partial charge is 0.481 e. The zero-order valence-corrected chi connectivity index (χ0v) is 44.0. The maximum Gasteiger partial charge on any atom is 0.481 e. The number of aliphatic hydroxyl groups excluding tert-OH is 2. The van der Waals surface area contributed by atoms with Crippen molar-refractivity contribution in [3.8, 4) is 0 Å². The molecule has 10 atom stereocenters. The molecule has 2 unspecified atom stereocenters. The number of phosphoric ester groups is 3. The zero-order valence-electron chi connectivity index (χ0n) is 40.5. The summed E-state index contributed by atoms with van der Waals surface area (Å²) in [6.07, 6.45) is 4.52. The van der Waals surface area contributed by atoms with Crippen LogP contribution in [0, 0.1) is 29.1 Å². The van der Waals surface area contributed by atoms with E-state index >= 15 is 0 Å². The van der Waals surface area contributed by atoms with Crippen LogP contribution in [0.15, 0.2) is 12.7 Å². The van der Waals surface area contributed by atoms with Gasteiger partial charge in [0.05, 0.1) is 19.5 Å². The van der Waals surface area contributed by atoms with E-state index in [-0.39, 0.29) is 47.5 Å². The highest BCUT2D eigenvalue weighted by atomic mass is 32.2. The maximum atomic E-state index is 12.8. The van der Waals surface area contributed by atoms with Crippen LogP contribution in [0.2, 0.25) is 0 Å². The van der Waals surface area contributed by atoms with Crippen LogP contribution in [-0.2, 0) is 50.7 Å². The third-order valence-corrected chi connectivity index (χ3v) is 15.5. The number of carbonyl (C=O) groups is 3. The van der Waals surface area contributed by atoms with E-state index in [2.05, 4.69) is 69.0 Å². The second-order valence-electron chi connectivity index (χ2n) is 19.0. The van der Waals surface area contributed by atoms with Crippen molar-refractivity contribution < 1.29 is 80.5 Å². The van der Waals surface area contributed by atoms with Crippen LogP contribution in [0.1, 0.15) is 125 Å². The Hall–Kier alpha value is -2.44. The molecule has 69 heavy (non-hydrogen) atoms. The van der Waals surface area contributed by atoms with Gasteiger partial charge < -0.3 is 50.9 Å². The topological polar surface area (TPSA) is 364 Å². The van der Waals surface area contributed by atoms with Crippen molar-refractivity contribution in [1.29, 1.82) is 0 Å². The van der Waals surface area contributed by atoms with Crippen molar-refractivity contribution in [2.75, 3.05) is 37.8 Å². The van der Waals surface area contributed by atoms with Crippen molar-refractivity contribution >= 4 is 69.1 Å². The number of amides is 2. The number of thioether (sulfide) groups is 1. The lowest BCUT2D eigenvalue weighted by atomic mass is 9.87. The van der Waals surface area contributed by atoms with E-state index in [0.717, 1.165) is 60.1 Å². The van der Waals surface area contributed by atoms with Gasteiger partial charge in [-0.05, 0) is 23.7 Å². The van der Waals surface area contributed by atoms with E-state index in [1.165, 1.54) is 52.4 Å². The van der Waals surface area contributed by atoms with E-state index in [0.29, 0.717) is 18.1 Å². The Morgan fingerprint density at radius 2 is 1.46 bits per heavy atom. The normalized spacial score (nSPS) is 21.4. The molecule has 1 aliphatic heterocycles. The molecule has 1 aliphatic rings. The predicted octanol–water partition coefficient (Wildman–Crippen LogP) is 5.13. The number of phosphoric acid groups is 3. The van der Waals surface area contributed by atoms with Gasteiger partial charge in [-0.15, -0.1) is 0 Å². The molecule has 0 aliphatic carbocycles. The van der Waals surface area contributed by atoms with E-state index in [9.17, 15) is 57.9 Å². The number of aromatic nitrogens is 4. The number of nitrogens with two attached hydrogens (primary N) is 1. The van der Waals surface area contributed by atoms with Crippen LogP contribution in [0.5, 0.6) is 0 Å². The second kappa shape index (κ2) is 28.1. The average molecular weight is 1060 g/mol. The zero-order chi connectivity index (χ0) is 51.7. The first kappa shape index (κ1) is 60.9. The summed E-state index contributed by atoms with van der Waals surface area (Å²) in [4.78, 5) is 88.9. The maximum absolute atomic E-state index is 12.8. The summed E-state index contributed by atoms with van der Waals surface area (Å²) in [5, 5.41) is 26.7.